The minimum absolute atomic E-state index is 0.0554. The summed E-state index contributed by atoms with van der Waals surface area (Å²) < 4.78 is 16.8. The first-order valence-electron chi connectivity index (χ1n) is 10.9. The van der Waals surface area contributed by atoms with Gasteiger partial charge in [-0.2, -0.15) is 0 Å². The minimum atomic E-state index is -0.687. The summed E-state index contributed by atoms with van der Waals surface area (Å²) in [4.78, 5) is 23.8. The highest BCUT2D eigenvalue weighted by atomic mass is 16.7. The van der Waals surface area contributed by atoms with E-state index in [0.29, 0.717) is 18.0 Å². The Kier molecular flexibility index (Phi) is 3.58. The third-order valence-electron chi connectivity index (χ3n) is 8.43. The Morgan fingerprint density at radius 2 is 1.80 bits per heavy atom. The van der Waals surface area contributed by atoms with Crippen LogP contribution in [0.4, 0.5) is 0 Å². The smallest absolute Gasteiger partial charge is 0.233 e. The lowest BCUT2D eigenvalue weighted by Gasteiger charge is -2.39. The van der Waals surface area contributed by atoms with Crippen molar-refractivity contribution in [1.82, 2.24) is 15.3 Å². The molecule has 1 saturated heterocycles. The summed E-state index contributed by atoms with van der Waals surface area (Å²) in [6, 6.07) is 3.78. The molecule has 6 rings (SSSR count). The van der Waals surface area contributed by atoms with Gasteiger partial charge in [-0.25, -0.2) is 9.97 Å². The number of fused-ring (bicyclic) bond motifs is 7. The highest BCUT2D eigenvalue weighted by molar-refractivity contribution is 5.93. The second-order valence-corrected chi connectivity index (χ2v) is 9.82. The molecule has 1 aromatic carbocycles. The number of rotatable bonds is 3. The predicted octanol–water partition coefficient (Wildman–Crippen LogP) is 2.98. The zero-order chi connectivity index (χ0) is 20.7. The molecule has 1 N–H and O–H groups in total. The number of hydrogen-bond acceptors (Lipinski definition) is 6. The number of carbonyl (C=O) groups is 1. The Hall–Kier alpha value is -2.41. The van der Waals surface area contributed by atoms with Crippen molar-refractivity contribution >= 4 is 16.9 Å². The fraction of sp³-hybridized carbons (Fsp3) is 0.609. The van der Waals surface area contributed by atoms with Gasteiger partial charge in [-0.15, -0.1) is 0 Å². The lowest BCUT2D eigenvalue weighted by molar-refractivity contribution is -0.131. The van der Waals surface area contributed by atoms with Gasteiger partial charge < -0.3 is 19.5 Å². The van der Waals surface area contributed by atoms with E-state index in [4.69, 9.17) is 24.2 Å². The Morgan fingerprint density at radius 3 is 2.47 bits per heavy atom. The number of carbonyl (C=O) groups excluding carboxylic acids is 1. The van der Waals surface area contributed by atoms with Crippen LogP contribution < -0.4 is 14.8 Å². The predicted molar refractivity (Wildman–Crippen MR) is 110 cm³/mol. The molecule has 7 nitrogen and oxygen atoms in total. The van der Waals surface area contributed by atoms with E-state index in [0.717, 1.165) is 54.7 Å². The van der Waals surface area contributed by atoms with Crippen molar-refractivity contribution in [2.45, 2.75) is 63.4 Å². The first-order chi connectivity index (χ1) is 14.4. The Balaban J connectivity index is 1.47. The van der Waals surface area contributed by atoms with Crippen LogP contribution in [0, 0.1) is 5.41 Å². The number of benzene rings is 1. The summed E-state index contributed by atoms with van der Waals surface area (Å²) in [6.45, 7) is 8.19. The van der Waals surface area contributed by atoms with Gasteiger partial charge in [-0.05, 0) is 31.1 Å². The second-order valence-electron chi connectivity index (χ2n) is 9.82. The summed E-state index contributed by atoms with van der Waals surface area (Å²) in [5.41, 5.74) is 2.13. The number of nitrogens with zero attached hydrogens (tertiary/aromatic N) is 2. The number of hydrogen-bond donors (Lipinski definition) is 1. The third-order valence-corrected chi connectivity index (χ3v) is 8.43. The van der Waals surface area contributed by atoms with Crippen LogP contribution in [0.1, 0.15) is 57.8 Å². The van der Waals surface area contributed by atoms with Crippen molar-refractivity contribution in [1.29, 1.82) is 0 Å². The maximum Gasteiger partial charge on any atom is 0.233 e. The van der Waals surface area contributed by atoms with E-state index >= 15 is 0 Å². The normalized spacial score (nSPS) is 32.6. The molecular formula is C23H27N3O4. The van der Waals surface area contributed by atoms with Crippen LogP contribution in [0.15, 0.2) is 12.1 Å². The lowest BCUT2D eigenvalue weighted by atomic mass is 9.63. The molecule has 1 amide bonds. The maximum atomic E-state index is 13.7. The van der Waals surface area contributed by atoms with Gasteiger partial charge in [-0.1, -0.05) is 20.8 Å². The molecule has 0 radical (unpaired) electrons. The summed E-state index contributed by atoms with van der Waals surface area (Å²) in [5, 5.41) is 3.21. The molecule has 2 bridgehead atoms. The molecule has 2 aliphatic carbocycles. The van der Waals surface area contributed by atoms with Gasteiger partial charge in [0.25, 0.3) is 0 Å². The highest BCUT2D eigenvalue weighted by Gasteiger charge is 2.73. The Morgan fingerprint density at radius 1 is 1.10 bits per heavy atom. The van der Waals surface area contributed by atoms with Crippen LogP contribution in [0.3, 0.4) is 0 Å². The minimum Gasteiger partial charge on any atom is -0.454 e. The first-order valence-corrected chi connectivity index (χ1v) is 10.9. The molecule has 158 valence electrons. The van der Waals surface area contributed by atoms with Gasteiger partial charge in [0, 0.05) is 30.7 Å². The second kappa shape index (κ2) is 5.84. The molecule has 2 aliphatic heterocycles. The van der Waals surface area contributed by atoms with Gasteiger partial charge in [0.15, 0.2) is 11.5 Å². The standard InChI is InChI=1S/C23H27N3O4/c1-21(2)22(3)6-7-23(21,20(27)24-11-13-5-4-8-28-13)19-18(22)25-14-9-16-17(30-12-29-16)10-15(14)26-19/h9-10,13H,4-8,11-12H2,1-3H3,(H,24,27). The van der Waals surface area contributed by atoms with E-state index < -0.39 is 5.41 Å². The van der Waals surface area contributed by atoms with Gasteiger partial charge in [0.05, 0.1) is 33.9 Å². The van der Waals surface area contributed by atoms with Crippen LogP contribution in [0.25, 0.3) is 11.0 Å². The molecular weight excluding hydrogens is 382 g/mol. The van der Waals surface area contributed by atoms with Crippen molar-refractivity contribution in [3.8, 4) is 11.5 Å². The Labute approximate surface area is 175 Å². The first kappa shape index (κ1) is 18.4. The van der Waals surface area contributed by atoms with E-state index in [1.54, 1.807) is 0 Å². The molecule has 30 heavy (non-hydrogen) atoms. The summed E-state index contributed by atoms with van der Waals surface area (Å²) >= 11 is 0. The Bertz CT molecular complexity index is 1080. The van der Waals surface area contributed by atoms with E-state index in [1.165, 1.54) is 0 Å². The zero-order valence-corrected chi connectivity index (χ0v) is 17.7. The molecule has 2 aromatic rings. The van der Waals surface area contributed by atoms with E-state index in [9.17, 15) is 4.79 Å². The molecule has 1 aromatic heterocycles. The van der Waals surface area contributed by atoms with Gasteiger partial charge in [0.1, 0.15) is 0 Å². The average molecular weight is 409 g/mol. The third kappa shape index (κ3) is 2.06. The van der Waals surface area contributed by atoms with E-state index in [-0.39, 0.29) is 29.6 Å². The molecule has 0 spiro atoms. The SMILES string of the molecule is CC12CCC(C(=O)NCC3CCCO3)(c3nc4cc5c(cc4nc31)OCO5)C2(C)C. The molecule has 7 heteroatoms. The molecule has 3 unspecified atom stereocenters. The summed E-state index contributed by atoms with van der Waals surface area (Å²) in [5.74, 6) is 1.44. The molecule has 3 heterocycles. The fourth-order valence-corrected chi connectivity index (χ4v) is 6.16. The van der Waals surface area contributed by atoms with Crippen molar-refractivity contribution in [2.24, 2.45) is 5.41 Å². The molecule has 4 aliphatic rings. The fourth-order valence-electron chi connectivity index (χ4n) is 6.16. The van der Waals surface area contributed by atoms with Crippen LogP contribution >= 0.6 is 0 Å². The van der Waals surface area contributed by atoms with E-state index in [1.807, 2.05) is 12.1 Å². The topological polar surface area (TPSA) is 82.6 Å². The van der Waals surface area contributed by atoms with Crippen LogP contribution in [-0.2, 0) is 20.4 Å². The van der Waals surface area contributed by atoms with Crippen molar-refractivity contribution in [3.63, 3.8) is 0 Å². The van der Waals surface area contributed by atoms with Crippen molar-refractivity contribution in [3.05, 3.63) is 23.5 Å². The van der Waals surface area contributed by atoms with Gasteiger partial charge in [-0.3, -0.25) is 4.79 Å². The average Bonchev–Trinajstić information content (AvgIpc) is 3.46. The molecule has 2 fully saturated rings. The number of amides is 1. The van der Waals surface area contributed by atoms with Gasteiger partial charge >= 0.3 is 0 Å². The molecule has 1 saturated carbocycles. The quantitative estimate of drug-likeness (QED) is 0.839. The largest absolute Gasteiger partial charge is 0.454 e. The van der Waals surface area contributed by atoms with Crippen molar-refractivity contribution < 1.29 is 19.0 Å². The van der Waals surface area contributed by atoms with E-state index in [2.05, 4.69) is 26.1 Å². The summed E-state index contributed by atoms with van der Waals surface area (Å²) in [7, 11) is 0. The van der Waals surface area contributed by atoms with Gasteiger partial charge in [0.2, 0.25) is 12.7 Å². The monoisotopic (exact) mass is 409 g/mol. The lowest BCUT2D eigenvalue weighted by Crippen LogP contribution is -2.52. The number of nitrogens with one attached hydrogen (secondary N) is 1. The van der Waals surface area contributed by atoms with Crippen LogP contribution in [0.2, 0.25) is 0 Å². The zero-order valence-electron chi connectivity index (χ0n) is 17.7. The number of ether oxygens (including phenoxy) is 3. The number of aromatic nitrogens is 2. The summed E-state index contributed by atoms with van der Waals surface area (Å²) in [6.07, 6.45) is 3.88. The van der Waals surface area contributed by atoms with Crippen LogP contribution in [-0.4, -0.2) is 41.9 Å². The highest BCUT2D eigenvalue weighted by Crippen LogP contribution is 2.70. The maximum absolute atomic E-state index is 13.7. The molecule has 3 atom stereocenters. The van der Waals surface area contributed by atoms with Crippen molar-refractivity contribution in [2.75, 3.05) is 19.9 Å². The van der Waals surface area contributed by atoms with Crippen LogP contribution in [0.5, 0.6) is 11.5 Å².